The Balaban J connectivity index is 1.19. The van der Waals surface area contributed by atoms with E-state index in [1.807, 2.05) is 55.4 Å². The van der Waals surface area contributed by atoms with Gasteiger partial charge < -0.3 is 37.9 Å². The summed E-state index contributed by atoms with van der Waals surface area (Å²) >= 11 is 0. The molecular formula is C40H64O12. The molecule has 5 aliphatic rings. The number of cyclic esters (lactones) is 4. The first-order chi connectivity index (χ1) is 24.7. The van der Waals surface area contributed by atoms with Crippen molar-refractivity contribution in [2.45, 2.75) is 206 Å². The summed E-state index contributed by atoms with van der Waals surface area (Å²) in [4.78, 5) is 52.4. The summed E-state index contributed by atoms with van der Waals surface area (Å²) in [6.45, 7) is 14.9. The second-order valence-corrected chi connectivity index (χ2v) is 16.6. The quantitative estimate of drug-likeness (QED) is 0.212. The van der Waals surface area contributed by atoms with Crippen LogP contribution in [0.5, 0.6) is 0 Å². The van der Waals surface area contributed by atoms with Crippen LogP contribution in [-0.2, 0) is 57.1 Å². The van der Waals surface area contributed by atoms with Gasteiger partial charge in [0.15, 0.2) is 0 Å². The molecule has 5 aliphatic heterocycles. The number of rotatable bonds is 0. The van der Waals surface area contributed by atoms with Gasteiger partial charge in [0.05, 0.1) is 72.5 Å². The van der Waals surface area contributed by atoms with Crippen LogP contribution in [0.3, 0.4) is 0 Å². The third-order valence-corrected chi connectivity index (χ3v) is 11.9. The Morgan fingerprint density at radius 2 is 0.519 bits per heavy atom. The van der Waals surface area contributed by atoms with Gasteiger partial charge in [-0.2, -0.15) is 0 Å². The van der Waals surface area contributed by atoms with Gasteiger partial charge in [0.2, 0.25) is 0 Å². The zero-order valence-corrected chi connectivity index (χ0v) is 32.6. The maximum atomic E-state index is 13.1. The van der Waals surface area contributed by atoms with Crippen LogP contribution in [-0.4, -0.2) is 97.1 Å². The fourth-order valence-electron chi connectivity index (χ4n) is 8.60. The predicted octanol–water partition coefficient (Wildman–Crippen LogP) is 6.02. The molecule has 5 heterocycles. The standard InChI is InChI=1S/C40H64O12/c1-21-17-29-9-13-34(49-29)26(6)38(42)46-23(3)19-31-11-15-36(51-31)28(8)40(44)48-24(4)20-32-12-16-35(52-32)27(7)39(43)47-22(2)18-30-10-14-33(50-30)25(5)37(41)45-21/h21-36H,9-20H2,1-8H3/t21-,22-,23-,24+,25-,26-,27-,28+,29?,30?,31?,32?,33?,34?,35?,36?/m0/s1. The molecule has 0 amide bonds. The molecule has 0 aromatic heterocycles. The highest BCUT2D eigenvalue weighted by molar-refractivity contribution is 5.74. The summed E-state index contributed by atoms with van der Waals surface area (Å²) in [6, 6.07) is 0. The van der Waals surface area contributed by atoms with Crippen molar-refractivity contribution in [2.24, 2.45) is 23.7 Å². The van der Waals surface area contributed by atoms with Crippen LogP contribution < -0.4 is 0 Å². The highest BCUT2D eigenvalue weighted by atomic mass is 16.6. The van der Waals surface area contributed by atoms with Gasteiger partial charge in [-0.1, -0.05) is 0 Å². The summed E-state index contributed by atoms with van der Waals surface area (Å²) in [6.07, 6.45) is 5.22. The molecule has 296 valence electrons. The zero-order valence-electron chi connectivity index (χ0n) is 32.6. The lowest BCUT2D eigenvalue weighted by Crippen LogP contribution is -2.34. The van der Waals surface area contributed by atoms with E-state index in [9.17, 15) is 19.2 Å². The summed E-state index contributed by atoms with van der Waals surface area (Å²) in [5.41, 5.74) is 0. The molecule has 0 aliphatic carbocycles. The largest absolute Gasteiger partial charge is 0.462 e. The minimum Gasteiger partial charge on any atom is -0.462 e. The Hall–Kier alpha value is -2.28. The number of fused-ring (bicyclic) bond motifs is 8. The highest BCUT2D eigenvalue weighted by Crippen LogP contribution is 2.34. The average Bonchev–Trinajstić information content (AvgIpc) is 3.91. The summed E-state index contributed by atoms with van der Waals surface area (Å²) in [5, 5.41) is 0. The maximum Gasteiger partial charge on any atom is 0.311 e. The van der Waals surface area contributed by atoms with Crippen molar-refractivity contribution in [3.05, 3.63) is 0 Å². The lowest BCUT2D eigenvalue weighted by molar-refractivity contribution is -0.161. The van der Waals surface area contributed by atoms with E-state index in [1.165, 1.54) is 0 Å². The minimum atomic E-state index is -0.434. The van der Waals surface area contributed by atoms with Crippen molar-refractivity contribution in [1.82, 2.24) is 0 Å². The fourth-order valence-corrected chi connectivity index (χ4v) is 8.60. The number of carbonyl (C=O) groups is 4. The molecule has 0 aromatic rings. The molecular weight excluding hydrogens is 672 g/mol. The molecule has 8 bridgehead atoms. The molecule has 5 fully saturated rings. The zero-order chi connectivity index (χ0) is 37.7. The molecule has 52 heavy (non-hydrogen) atoms. The normalized spacial score (nSPS) is 45.2. The van der Waals surface area contributed by atoms with Crippen LogP contribution in [0.4, 0.5) is 0 Å². The summed E-state index contributed by atoms with van der Waals surface area (Å²) in [5.74, 6) is -2.93. The van der Waals surface area contributed by atoms with E-state index in [2.05, 4.69) is 0 Å². The van der Waals surface area contributed by atoms with E-state index >= 15 is 0 Å². The van der Waals surface area contributed by atoms with Gasteiger partial charge >= 0.3 is 23.9 Å². The van der Waals surface area contributed by atoms with Crippen molar-refractivity contribution < 1.29 is 57.1 Å². The second-order valence-electron chi connectivity index (χ2n) is 16.6. The molecule has 5 saturated heterocycles. The molecule has 5 rings (SSSR count). The highest BCUT2D eigenvalue weighted by Gasteiger charge is 2.41. The average molecular weight is 737 g/mol. The van der Waals surface area contributed by atoms with Gasteiger partial charge in [-0.15, -0.1) is 0 Å². The number of hydrogen-bond donors (Lipinski definition) is 0. The number of ether oxygens (including phenoxy) is 8. The van der Waals surface area contributed by atoms with Crippen molar-refractivity contribution in [3.8, 4) is 0 Å². The second kappa shape index (κ2) is 18.4. The number of esters is 4. The van der Waals surface area contributed by atoms with E-state index in [0.717, 1.165) is 51.4 Å². The molecule has 0 radical (unpaired) electrons. The monoisotopic (exact) mass is 736 g/mol. The van der Waals surface area contributed by atoms with Gasteiger partial charge in [0, 0.05) is 25.7 Å². The molecule has 16 atom stereocenters. The SMILES string of the molecule is C[C@@H]1CC2CCC(O2)[C@H](C)C(=O)O[C@@H](C)CC2CCC(O2)[C@H](C)C(=O)O[C@@H](C)CC2CCC(O2)[C@H](C)C(=O)O[C@@H](C)CC2CCC(O2)[C@@H](C)C(=O)O1. The number of hydrogen-bond acceptors (Lipinski definition) is 12. The van der Waals surface area contributed by atoms with E-state index in [0.29, 0.717) is 25.7 Å². The molecule has 0 aromatic carbocycles. The van der Waals surface area contributed by atoms with Gasteiger partial charge in [-0.3, -0.25) is 19.2 Å². The van der Waals surface area contributed by atoms with Gasteiger partial charge in [-0.05, 0) is 107 Å². The topological polar surface area (TPSA) is 142 Å². The fraction of sp³-hybridized carbons (Fsp3) is 0.900. The summed E-state index contributed by atoms with van der Waals surface area (Å²) < 4.78 is 48.4. The Bertz CT molecular complexity index is 1040. The van der Waals surface area contributed by atoms with Gasteiger partial charge in [-0.25, -0.2) is 0 Å². The Kier molecular flexibility index (Phi) is 14.4. The summed E-state index contributed by atoms with van der Waals surface area (Å²) in [7, 11) is 0. The first kappa shape index (κ1) is 40.9. The third-order valence-electron chi connectivity index (χ3n) is 11.9. The molecule has 0 N–H and O–H groups in total. The Morgan fingerprint density at radius 1 is 0.327 bits per heavy atom. The first-order valence-corrected chi connectivity index (χ1v) is 20.1. The predicted molar refractivity (Wildman–Crippen MR) is 189 cm³/mol. The van der Waals surface area contributed by atoms with Crippen molar-refractivity contribution in [3.63, 3.8) is 0 Å². The van der Waals surface area contributed by atoms with Crippen LogP contribution in [0.2, 0.25) is 0 Å². The molecule has 12 nitrogen and oxygen atoms in total. The maximum absolute atomic E-state index is 13.1. The third kappa shape index (κ3) is 10.9. The van der Waals surface area contributed by atoms with E-state index in [1.54, 1.807) is 0 Å². The molecule has 0 saturated carbocycles. The van der Waals surface area contributed by atoms with E-state index in [4.69, 9.17) is 37.9 Å². The van der Waals surface area contributed by atoms with Crippen LogP contribution in [0.15, 0.2) is 0 Å². The smallest absolute Gasteiger partial charge is 0.311 e. The van der Waals surface area contributed by atoms with E-state index < -0.39 is 23.7 Å². The van der Waals surface area contributed by atoms with Crippen molar-refractivity contribution >= 4 is 23.9 Å². The minimum absolute atomic E-state index is 0.119. The Labute approximate surface area is 309 Å². The first-order valence-electron chi connectivity index (χ1n) is 20.1. The molecule has 8 unspecified atom stereocenters. The molecule has 12 heteroatoms. The van der Waals surface area contributed by atoms with Crippen molar-refractivity contribution in [1.29, 1.82) is 0 Å². The van der Waals surface area contributed by atoms with Gasteiger partial charge in [0.1, 0.15) is 24.4 Å². The molecule has 0 spiro atoms. The Morgan fingerprint density at radius 3 is 0.712 bits per heavy atom. The lowest BCUT2D eigenvalue weighted by Gasteiger charge is -2.26. The van der Waals surface area contributed by atoms with Crippen LogP contribution in [0, 0.1) is 23.7 Å². The number of carbonyl (C=O) groups excluding carboxylic acids is 4. The van der Waals surface area contributed by atoms with Crippen LogP contribution in [0.25, 0.3) is 0 Å². The van der Waals surface area contributed by atoms with Crippen LogP contribution >= 0.6 is 0 Å². The lowest BCUT2D eigenvalue weighted by atomic mass is 10.00. The van der Waals surface area contributed by atoms with E-state index in [-0.39, 0.29) is 97.1 Å². The van der Waals surface area contributed by atoms with Crippen molar-refractivity contribution in [2.75, 3.05) is 0 Å². The van der Waals surface area contributed by atoms with Crippen LogP contribution in [0.1, 0.15) is 132 Å². The van der Waals surface area contributed by atoms with Gasteiger partial charge in [0.25, 0.3) is 0 Å².